The number of halogens is 1. The third kappa shape index (κ3) is 3.50. The summed E-state index contributed by atoms with van der Waals surface area (Å²) in [6.07, 6.45) is 1.89. The first-order valence-electron chi connectivity index (χ1n) is 9.36. The number of nitrogens with two attached hydrogens (primary N) is 1. The second-order valence-corrected chi connectivity index (χ2v) is 7.10. The molecule has 3 aromatic rings. The van der Waals surface area contributed by atoms with Crippen molar-refractivity contribution in [1.29, 1.82) is 0 Å². The van der Waals surface area contributed by atoms with E-state index in [-0.39, 0.29) is 17.5 Å². The van der Waals surface area contributed by atoms with Gasteiger partial charge in [0, 0.05) is 18.7 Å². The summed E-state index contributed by atoms with van der Waals surface area (Å²) in [5, 5.41) is 0. The van der Waals surface area contributed by atoms with Crippen LogP contribution in [0.3, 0.4) is 0 Å². The molecule has 0 spiro atoms. The number of ether oxygens (including phenoxy) is 1. The number of aromatic nitrogens is 2. The fourth-order valence-corrected chi connectivity index (χ4v) is 3.69. The SMILES string of the molecule is COc1cccc(-c2nc(N)nc(N3CCCc4ccc(C)cc4C3)c2F)c1. The number of anilines is 2. The molecule has 6 heteroatoms. The Morgan fingerprint density at radius 1 is 1.11 bits per heavy atom. The molecule has 0 unspecified atom stereocenters. The summed E-state index contributed by atoms with van der Waals surface area (Å²) in [5.74, 6) is 0.482. The molecule has 28 heavy (non-hydrogen) atoms. The quantitative estimate of drug-likeness (QED) is 0.742. The monoisotopic (exact) mass is 378 g/mol. The van der Waals surface area contributed by atoms with Gasteiger partial charge >= 0.3 is 0 Å². The first kappa shape index (κ1) is 18.2. The van der Waals surface area contributed by atoms with E-state index in [1.807, 2.05) is 4.90 Å². The molecule has 1 aliphatic heterocycles. The van der Waals surface area contributed by atoms with Gasteiger partial charge in [-0.1, -0.05) is 35.9 Å². The highest BCUT2D eigenvalue weighted by Crippen LogP contribution is 2.32. The normalized spacial score (nSPS) is 13.8. The molecular formula is C22H23FN4O. The van der Waals surface area contributed by atoms with Crippen LogP contribution in [0.1, 0.15) is 23.1 Å². The Morgan fingerprint density at radius 2 is 1.96 bits per heavy atom. The van der Waals surface area contributed by atoms with Gasteiger partial charge in [-0.15, -0.1) is 0 Å². The number of rotatable bonds is 3. The van der Waals surface area contributed by atoms with Crippen LogP contribution in [-0.2, 0) is 13.0 Å². The van der Waals surface area contributed by atoms with Gasteiger partial charge in [0.25, 0.3) is 0 Å². The number of benzene rings is 2. The smallest absolute Gasteiger partial charge is 0.222 e. The van der Waals surface area contributed by atoms with E-state index in [9.17, 15) is 0 Å². The third-order valence-electron chi connectivity index (χ3n) is 5.09. The van der Waals surface area contributed by atoms with E-state index in [1.54, 1.807) is 31.4 Å². The Hall–Kier alpha value is -3.15. The van der Waals surface area contributed by atoms with Gasteiger partial charge in [-0.2, -0.15) is 4.98 Å². The van der Waals surface area contributed by atoms with Crippen molar-refractivity contribution in [2.75, 3.05) is 24.3 Å². The van der Waals surface area contributed by atoms with Crippen molar-refractivity contribution < 1.29 is 9.13 Å². The van der Waals surface area contributed by atoms with Crippen molar-refractivity contribution in [1.82, 2.24) is 9.97 Å². The second-order valence-electron chi connectivity index (χ2n) is 7.10. The zero-order valence-corrected chi connectivity index (χ0v) is 16.1. The van der Waals surface area contributed by atoms with E-state index in [1.165, 1.54) is 16.7 Å². The minimum Gasteiger partial charge on any atom is -0.497 e. The number of nitrogen functional groups attached to an aromatic ring is 1. The highest BCUT2D eigenvalue weighted by molar-refractivity contribution is 5.67. The molecule has 5 nitrogen and oxygen atoms in total. The third-order valence-corrected chi connectivity index (χ3v) is 5.09. The largest absolute Gasteiger partial charge is 0.497 e. The van der Waals surface area contributed by atoms with E-state index in [0.29, 0.717) is 24.4 Å². The number of fused-ring (bicyclic) bond motifs is 1. The molecule has 0 radical (unpaired) electrons. The molecule has 0 fully saturated rings. The predicted octanol–water partition coefficient (Wildman–Crippen LogP) is 4.13. The molecule has 0 saturated heterocycles. The molecule has 0 bridgehead atoms. The van der Waals surface area contributed by atoms with E-state index < -0.39 is 5.82 Å². The summed E-state index contributed by atoms with van der Waals surface area (Å²) < 4.78 is 20.7. The van der Waals surface area contributed by atoms with Gasteiger partial charge in [-0.05, 0) is 43.0 Å². The van der Waals surface area contributed by atoms with Crippen LogP contribution in [0.25, 0.3) is 11.3 Å². The van der Waals surface area contributed by atoms with Crippen LogP contribution in [0.5, 0.6) is 5.75 Å². The molecule has 0 aliphatic carbocycles. The maximum atomic E-state index is 15.5. The van der Waals surface area contributed by atoms with Crippen LogP contribution < -0.4 is 15.4 Å². The van der Waals surface area contributed by atoms with Gasteiger partial charge in [-0.3, -0.25) is 0 Å². The zero-order chi connectivity index (χ0) is 19.7. The minimum atomic E-state index is -0.460. The van der Waals surface area contributed by atoms with Crippen molar-refractivity contribution >= 4 is 11.8 Å². The molecule has 2 N–H and O–H groups in total. The lowest BCUT2D eigenvalue weighted by Gasteiger charge is -2.23. The van der Waals surface area contributed by atoms with E-state index in [0.717, 1.165) is 12.8 Å². The Bertz CT molecular complexity index is 1020. The number of hydrogen-bond donors (Lipinski definition) is 1. The van der Waals surface area contributed by atoms with E-state index >= 15 is 4.39 Å². The zero-order valence-electron chi connectivity index (χ0n) is 16.1. The topological polar surface area (TPSA) is 64.3 Å². The van der Waals surface area contributed by atoms with Gasteiger partial charge in [0.15, 0.2) is 11.6 Å². The maximum absolute atomic E-state index is 15.5. The van der Waals surface area contributed by atoms with E-state index in [2.05, 4.69) is 35.1 Å². The fourth-order valence-electron chi connectivity index (χ4n) is 3.69. The summed E-state index contributed by atoms with van der Waals surface area (Å²) >= 11 is 0. The fraction of sp³-hybridized carbons (Fsp3) is 0.273. The van der Waals surface area contributed by atoms with Gasteiger partial charge in [-0.25, -0.2) is 9.37 Å². The van der Waals surface area contributed by atoms with E-state index in [4.69, 9.17) is 10.5 Å². The predicted molar refractivity (Wildman–Crippen MR) is 109 cm³/mol. The van der Waals surface area contributed by atoms with Crippen LogP contribution in [0, 0.1) is 12.7 Å². The van der Waals surface area contributed by atoms with Crippen LogP contribution in [0.2, 0.25) is 0 Å². The average Bonchev–Trinajstić information content (AvgIpc) is 2.91. The van der Waals surface area contributed by atoms with Crippen LogP contribution in [0.4, 0.5) is 16.2 Å². The molecule has 4 rings (SSSR count). The van der Waals surface area contributed by atoms with Gasteiger partial charge in [0.2, 0.25) is 5.95 Å². The summed E-state index contributed by atoms with van der Waals surface area (Å²) in [6.45, 7) is 3.38. The average molecular weight is 378 g/mol. The van der Waals surface area contributed by atoms with Crippen molar-refractivity contribution in [3.8, 4) is 17.0 Å². The summed E-state index contributed by atoms with van der Waals surface area (Å²) in [5.41, 5.74) is 10.5. The van der Waals surface area contributed by atoms with Crippen molar-refractivity contribution in [2.24, 2.45) is 0 Å². The molecule has 2 aromatic carbocycles. The van der Waals surface area contributed by atoms with Crippen LogP contribution in [-0.4, -0.2) is 23.6 Å². The Balaban J connectivity index is 1.77. The van der Waals surface area contributed by atoms with Crippen LogP contribution >= 0.6 is 0 Å². The Kier molecular flexibility index (Phi) is 4.86. The number of nitrogens with zero attached hydrogens (tertiary/aromatic N) is 3. The lowest BCUT2D eigenvalue weighted by Crippen LogP contribution is -2.25. The summed E-state index contributed by atoms with van der Waals surface area (Å²) in [7, 11) is 1.58. The molecular weight excluding hydrogens is 355 g/mol. The number of hydrogen-bond acceptors (Lipinski definition) is 5. The van der Waals surface area contributed by atoms with Gasteiger partial charge in [0.05, 0.1) is 7.11 Å². The first-order valence-corrected chi connectivity index (χ1v) is 9.36. The Labute approximate surface area is 164 Å². The number of methoxy groups -OCH3 is 1. The molecule has 0 atom stereocenters. The van der Waals surface area contributed by atoms with Gasteiger partial charge < -0.3 is 15.4 Å². The highest BCUT2D eigenvalue weighted by atomic mass is 19.1. The van der Waals surface area contributed by atoms with Crippen molar-refractivity contribution in [3.05, 3.63) is 65.0 Å². The molecule has 2 heterocycles. The second kappa shape index (κ2) is 7.46. The van der Waals surface area contributed by atoms with Crippen molar-refractivity contribution in [3.63, 3.8) is 0 Å². The molecule has 144 valence electrons. The maximum Gasteiger partial charge on any atom is 0.222 e. The molecule has 0 amide bonds. The lowest BCUT2D eigenvalue weighted by atomic mass is 10.0. The molecule has 1 aromatic heterocycles. The standard InChI is InChI=1S/C22H23FN4O/c1-14-8-9-15-6-4-10-27(13-17(15)11-14)21-19(23)20(25-22(24)26-21)16-5-3-7-18(12-16)28-2/h3,5,7-9,11-12H,4,6,10,13H2,1-2H3,(H2,24,25,26). The van der Waals surface area contributed by atoms with Crippen LogP contribution in [0.15, 0.2) is 42.5 Å². The highest BCUT2D eigenvalue weighted by Gasteiger charge is 2.23. The van der Waals surface area contributed by atoms with Crippen molar-refractivity contribution in [2.45, 2.75) is 26.3 Å². The number of aryl methyl sites for hydroxylation is 2. The summed E-state index contributed by atoms with van der Waals surface area (Å²) in [6, 6.07) is 13.6. The first-order chi connectivity index (χ1) is 13.5. The lowest BCUT2D eigenvalue weighted by molar-refractivity contribution is 0.415. The summed E-state index contributed by atoms with van der Waals surface area (Å²) in [4.78, 5) is 10.4. The Morgan fingerprint density at radius 3 is 2.79 bits per heavy atom. The van der Waals surface area contributed by atoms with Gasteiger partial charge in [0.1, 0.15) is 11.4 Å². The molecule has 1 aliphatic rings. The minimum absolute atomic E-state index is 0.0583. The molecule has 0 saturated carbocycles.